The molecule has 0 aromatic rings. The first-order valence-corrected chi connectivity index (χ1v) is 7.36. The first kappa shape index (κ1) is 16.4. The molecule has 4 nitrogen and oxygen atoms in total. The number of rotatable bonds is 5. The van der Waals surface area contributed by atoms with Gasteiger partial charge in [0.2, 0.25) is 5.91 Å². The Labute approximate surface area is 118 Å². The predicted octanol–water partition coefficient (Wildman–Crippen LogP) is 1.41. The fourth-order valence-corrected chi connectivity index (χ4v) is 2.97. The van der Waals surface area contributed by atoms with Gasteiger partial charge in [0.15, 0.2) is 0 Å². The van der Waals surface area contributed by atoms with Gasteiger partial charge in [-0.3, -0.25) is 4.79 Å². The molecule has 2 N–H and O–H groups in total. The van der Waals surface area contributed by atoms with E-state index in [-0.39, 0.29) is 17.2 Å². The van der Waals surface area contributed by atoms with Crippen LogP contribution >= 0.6 is 0 Å². The van der Waals surface area contributed by atoms with Gasteiger partial charge in [0.25, 0.3) is 0 Å². The lowest BCUT2D eigenvalue weighted by Crippen LogP contribution is -2.41. The Kier molecular flexibility index (Phi) is 5.81. The zero-order chi connectivity index (χ0) is 14.6. The van der Waals surface area contributed by atoms with E-state index in [4.69, 9.17) is 5.73 Å². The molecule has 0 saturated carbocycles. The molecule has 0 aromatic heterocycles. The van der Waals surface area contributed by atoms with Crippen LogP contribution in [0.5, 0.6) is 0 Å². The molecule has 0 aliphatic carbocycles. The van der Waals surface area contributed by atoms with Crippen LogP contribution in [0.25, 0.3) is 0 Å². The SMILES string of the molecule is CN1CCC(CN(C)C(=O)C(CN)CC(C)(C)C)C1. The van der Waals surface area contributed by atoms with Gasteiger partial charge in [-0.2, -0.15) is 0 Å². The summed E-state index contributed by atoms with van der Waals surface area (Å²) in [7, 11) is 4.07. The molecule has 1 aliphatic rings. The molecule has 1 saturated heterocycles. The number of nitrogens with zero attached hydrogens (tertiary/aromatic N) is 2. The van der Waals surface area contributed by atoms with Crippen LogP contribution in [0.1, 0.15) is 33.6 Å². The number of hydrogen-bond donors (Lipinski definition) is 1. The van der Waals surface area contributed by atoms with E-state index in [1.165, 1.54) is 6.42 Å². The fraction of sp³-hybridized carbons (Fsp3) is 0.933. The zero-order valence-electron chi connectivity index (χ0n) is 13.3. The van der Waals surface area contributed by atoms with E-state index >= 15 is 0 Å². The molecule has 1 amide bonds. The minimum atomic E-state index is -0.0378. The smallest absolute Gasteiger partial charge is 0.226 e. The molecule has 1 rings (SSSR count). The van der Waals surface area contributed by atoms with Crippen molar-refractivity contribution in [2.45, 2.75) is 33.6 Å². The maximum Gasteiger partial charge on any atom is 0.226 e. The summed E-state index contributed by atoms with van der Waals surface area (Å²) < 4.78 is 0. The van der Waals surface area contributed by atoms with Gasteiger partial charge in [-0.25, -0.2) is 0 Å². The van der Waals surface area contributed by atoms with Gasteiger partial charge in [-0.15, -0.1) is 0 Å². The van der Waals surface area contributed by atoms with Crippen LogP contribution in [0, 0.1) is 17.3 Å². The molecule has 2 atom stereocenters. The minimum absolute atomic E-state index is 0.0378. The van der Waals surface area contributed by atoms with Gasteiger partial charge in [0, 0.05) is 26.7 Å². The molecule has 19 heavy (non-hydrogen) atoms. The minimum Gasteiger partial charge on any atom is -0.345 e. The van der Waals surface area contributed by atoms with Gasteiger partial charge >= 0.3 is 0 Å². The van der Waals surface area contributed by atoms with Crippen molar-refractivity contribution in [2.75, 3.05) is 40.3 Å². The Morgan fingerprint density at radius 3 is 2.53 bits per heavy atom. The lowest BCUT2D eigenvalue weighted by atomic mass is 9.84. The number of hydrogen-bond acceptors (Lipinski definition) is 3. The summed E-state index contributed by atoms with van der Waals surface area (Å²) >= 11 is 0. The highest BCUT2D eigenvalue weighted by Gasteiger charge is 2.28. The Bertz CT molecular complexity index is 298. The standard InChI is InChI=1S/C15H31N3O/c1-15(2,3)8-13(9-16)14(19)18(5)11-12-6-7-17(4)10-12/h12-13H,6-11,16H2,1-5H3. The first-order valence-electron chi connectivity index (χ1n) is 7.36. The van der Waals surface area contributed by atoms with Crippen LogP contribution in [-0.4, -0.2) is 56.0 Å². The van der Waals surface area contributed by atoms with Crippen LogP contribution in [0.15, 0.2) is 0 Å². The molecule has 0 radical (unpaired) electrons. The van der Waals surface area contributed by atoms with Gasteiger partial charge in [0.05, 0.1) is 5.92 Å². The van der Waals surface area contributed by atoms with Crippen molar-refractivity contribution >= 4 is 5.91 Å². The summed E-state index contributed by atoms with van der Waals surface area (Å²) in [6, 6.07) is 0. The van der Waals surface area contributed by atoms with Crippen LogP contribution in [0.3, 0.4) is 0 Å². The second-order valence-electron chi connectivity index (χ2n) is 7.33. The first-order chi connectivity index (χ1) is 8.73. The Morgan fingerprint density at radius 2 is 2.11 bits per heavy atom. The molecule has 1 heterocycles. The highest BCUT2D eigenvalue weighted by atomic mass is 16.2. The van der Waals surface area contributed by atoms with E-state index in [2.05, 4.69) is 32.7 Å². The van der Waals surface area contributed by atoms with Crippen LogP contribution in [0.4, 0.5) is 0 Å². The second-order valence-corrected chi connectivity index (χ2v) is 7.33. The van der Waals surface area contributed by atoms with Gasteiger partial charge < -0.3 is 15.5 Å². The van der Waals surface area contributed by atoms with E-state index in [9.17, 15) is 4.79 Å². The lowest BCUT2D eigenvalue weighted by molar-refractivity contribution is -0.135. The van der Waals surface area contributed by atoms with Crippen molar-refractivity contribution in [1.82, 2.24) is 9.80 Å². The molecule has 112 valence electrons. The second kappa shape index (κ2) is 6.71. The normalized spacial score (nSPS) is 22.5. The third-order valence-electron chi connectivity index (χ3n) is 3.89. The molecule has 0 aromatic carbocycles. The third kappa shape index (κ3) is 5.49. The van der Waals surface area contributed by atoms with Crippen molar-refractivity contribution in [3.63, 3.8) is 0 Å². The summed E-state index contributed by atoms with van der Waals surface area (Å²) in [5.74, 6) is 0.795. The van der Waals surface area contributed by atoms with Crippen molar-refractivity contribution < 1.29 is 4.79 Å². The van der Waals surface area contributed by atoms with Crippen LogP contribution in [0.2, 0.25) is 0 Å². The van der Waals surface area contributed by atoms with E-state index in [0.717, 1.165) is 26.1 Å². The van der Waals surface area contributed by atoms with Crippen LogP contribution < -0.4 is 5.73 Å². The van der Waals surface area contributed by atoms with E-state index in [0.29, 0.717) is 12.5 Å². The van der Waals surface area contributed by atoms with Crippen molar-refractivity contribution in [3.05, 3.63) is 0 Å². The summed E-state index contributed by atoms with van der Waals surface area (Å²) in [5, 5.41) is 0. The topological polar surface area (TPSA) is 49.6 Å². The highest BCUT2D eigenvalue weighted by molar-refractivity contribution is 5.78. The van der Waals surface area contributed by atoms with Gasteiger partial charge in [-0.1, -0.05) is 20.8 Å². The number of nitrogens with two attached hydrogens (primary N) is 1. The summed E-state index contributed by atoms with van der Waals surface area (Å²) in [5.41, 5.74) is 5.94. The molecule has 0 spiro atoms. The lowest BCUT2D eigenvalue weighted by Gasteiger charge is -2.29. The Morgan fingerprint density at radius 1 is 1.47 bits per heavy atom. The maximum atomic E-state index is 12.5. The molecule has 1 fully saturated rings. The Hall–Kier alpha value is -0.610. The quantitative estimate of drug-likeness (QED) is 0.821. The number of amides is 1. The number of carbonyl (C=O) groups is 1. The highest BCUT2D eigenvalue weighted by Crippen LogP contribution is 2.25. The maximum absolute atomic E-state index is 12.5. The zero-order valence-corrected chi connectivity index (χ0v) is 13.3. The molecule has 2 unspecified atom stereocenters. The predicted molar refractivity (Wildman–Crippen MR) is 79.9 cm³/mol. The van der Waals surface area contributed by atoms with Gasteiger partial charge in [0.1, 0.15) is 0 Å². The average Bonchev–Trinajstić information content (AvgIpc) is 2.69. The monoisotopic (exact) mass is 269 g/mol. The largest absolute Gasteiger partial charge is 0.345 e. The number of likely N-dealkylation sites (tertiary alicyclic amines) is 1. The molecular formula is C15H31N3O. The van der Waals surface area contributed by atoms with Crippen LogP contribution in [-0.2, 0) is 4.79 Å². The summed E-state index contributed by atoms with van der Waals surface area (Å²) in [6.07, 6.45) is 2.05. The Balaban J connectivity index is 2.49. The number of carbonyl (C=O) groups excluding carboxylic acids is 1. The third-order valence-corrected chi connectivity index (χ3v) is 3.89. The van der Waals surface area contributed by atoms with Crippen molar-refractivity contribution in [2.24, 2.45) is 23.0 Å². The van der Waals surface area contributed by atoms with E-state index < -0.39 is 0 Å². The van der Waals surface area contributed by atoms with E-state index in [1.54, 1.807) is 0 Å². The van der Waals surface area contributed by atoms with Gasteiger partial charge in [-0.05, 0) is 37.8 Å². The molecule has 4 heteroatoms. The van der Waals surface area contributed by atoms with Crippen molar-refractivity contribution in [1.29, 1.82) is 0 Å². The fourth-order valence-electron chi connectivity index (χ4n) is 2.97. The average molecular weight is 269 g/mol. The summed E-state index contributed by atoms with van der Waals surface area (Å²) in [6.45, 7) is 10.0. The molecule has 0 bridgehead atoms. The summed E-state index contributed by atoms with van der Waals surface area (Å²) in [4.78, 5) is 16.7. The molecular weight excluding hydrogens is 238 g/mol. The molecule has 1 aliphatic heterocycles. The van der Waals surface area contributed by atoms with Crippen molar-refractivity contribution in [3.8, 4) is 0 Å². The van der Waals surface area contributed by atoms with E-state index in [1.807, 2.05) is 11.9 Å².